The first-order valence-electron chi connectivity index (χ1n) is 10.0. The quantitative estimate of drug-likeness (QED) is 0.273. The number of ether oxygens (including phenoxy) is 1. The van der Waals surface area contributed by atoms with Crippen LogP contribution in [0.5, 0.6) is 0 Å². The van der Waals surface area contributed by atoms with Crippen LogP contribution in [0.3, 0.4) is 0 Å². The van der Waals surface area contributed by atoms with Gasteiger partial charge in [-0.3, -0.25) is 4.79 Å². The monoisotopic (exact) mass is 339 g/mol. The molecule has 142 valence electrons. The van der Waals surface area contributed by atoms with Crippen LogP contribution in [0.4, 0.5) is 4.79 Å². The van der Waals surface area contributed by atoms with Crippen LogP contribution in [0.2, 0.25) is 0 Å². The highest BCUT2D eigenvalue weighted by molar-refractivity contribution is 6.55. The number of rotatable bonds is 15. The lowest BCUT2D eigenvalue weighted by atomic mass is 10.0. The molecule has 0 aromatic carbocycles. The molecule has 0 saturated heterocycles. The highest BCUT2D eigenvalue weighted by Crippen LogP contribution is 2.12. The van der Waals surface area contributed by atoms with Gasteiger partial charge in [0.1, 0.15) is 0 Å². The number of methoxy groups -OCH3 is 1. The summed E-state index contributed by atoms with van der Waals surface area (Å²) in [5.41, 5.74) is 0. The van der Waals surface area contributed by atoms with E-state index in [9.17, 15) is 4.79 Å². The van der Waals surface area contributed by atoms with Gasteiger partial charge in [-0.1, -0.05) is 90.4 Å². The Balaban J connectivity index is 0. The maximum Gasteiger partial charge on any atom is 0.235 e. The maximum atomic E-state index is 9.37. The number of nitrogens with zero attached hydrogens (tertiary/aromatic N) is 1. The van der Waals surface area contributed by atoms with Crippen molar-refractivity contribution in [2.75, 3.05) is 27.7 Å². The maximum absolute atomic E-state index is 9.37. The average Bonchev–Trinajstić information content (AvgIpc) is 2.55. The van der Waals surface area contributed by atoms with Gasteiger partial charge in [0.25, 0.3) is 0 Å². The molecule has 0 aliphatic heterocycles. The van der Waals surface area contributed by atoms with Gasteiger partial charge >= 0.3 is 0 Å². The molecule has 0 spiro atoms. The molecular weight excluding hydrogens is 297 g/mol. The lowest BCUT2D eigenvalue weighted by Gasteiger charge is -2.08. The molecule has 2 radical (unpaired) electrons. The third-order valence-electron chi connectivity index (χ3n) is 4.16. The predicted molar refractivity (Wildman–Crippen MR) is 107 cm³/mol. The van der Waals surface area contributed by atoms with Crippen molar-refractivity contribution in [1.82, 2.24) is 4.90 Å². The lowest BCUT2D eigenvalue weighted by Crippen LogP contribution is -2.12. The number of carbonyl (C=O) groups is 1. The largest absolute Gasteiger partial charge is 0.478 e. The molecule has 0 bridgehead atoms. The van der Waals surface area contributed by atoms with Gasteiger partial charge in [-0.05, 0) is 27.1 Å². The first-order valence-corrected chi connectivity index (χ1v) is 10.0. The predicted octanol–water partition coefficient (Wildman–Crippen LogP) is 5.95. The molecule has 0 unspecified atom stereocenters. The molecule has 3 nitrogen and oxygen atoms in total. The van der Waals surface area contributed by atoms with Crippen molar-refractivity contribution >= 4 is 13.7 Å². The van der Waals surface area contributed by atoms with Crippen LogP contribution < -0.4 is 0 Å². The van der Waals surface area contributed by atoms with Crippen molar-refractivity contribution in [1.29, 1.82) is 0 Å². The summed E-state index contributed by atoms with van der Waals surface area (Å²) in [6.07, 6.45) is 20.3. The zero-order valence-electron chi connectivity index (χ0n) is 16.9. The van der Waals surface area contributed by atoms with Crippen molar-refractivity contribution in [3.8, 4) is 0 Å². The molecule has 0 aromatic heterocycles. The molecule has 0 aliphatic rings. The van der Waals surface area contributed by atoms with E-state index in [0.29, 0.717) is 0 Å². The van der Waals surface area contributed by atoms with E-state index >= 15 is 0 Å². The van der Waals surface area contributed by atoms with Gasteiger partial charge in [0.05, 0.1) is 7.11 Å². The minimum Gasteiger partial charge on any atom is -0.478 e. The Morgan fingerprint density at radius 2 is 1.04 bits per heavy atom. The van der Waals surface area contributed by atoms with Crippen LogP contribution >= 0.6 is 0 Å². The molecule has 0 rings (SSSR count). The van der Waals surface area contributed by atoms with Gasteiger partial charge in [0.2, 0.25) is 13.7 Å². The molecule has 0 heterocycles. The van der Waals surface area contributed by atoms with E-state index in [2.05, 4.69) is 38.5 Å². The van der Waals surface area contributed by atoms with Crippen LogP contribution in [-0.2, 0) is 4.74 Å². The highest BCUT2D eigenvalue weighted by atomic mass is 16.5. The molecule has 0 fully saturated rings. The first kappa shape index (κ1) is 25.7. The van der Waals surface area contributed by atoms with E-state index in [1.807, 2.05) is 0 Å². The zero-order valence-corrected chi connectivity index (χ0v) is 16.9. The first-order chi connectivity index (χ1) is 11.5. The Kier molecular flexibility index (Phi) is 24.1. The van der Waals surface area contributed by atoms with Crippen molar-refractivity contribution in [3.05, 3.63) is 0 Å². The van der Waals surface area contributed by atoms with Crippen molar-refractivity contribution in [2.24, 2.45) is 0 Å². The van der Waals surface area contributed by atoms with Crippen LogP contribution in [0.25, 0.3) is 0 Å². The minimum absolute atomic E-state index is 0.745. The fraction of sp³-hybridized carbons (Fsp3) is 0.950. The smallest absolute Gasteiger partial charge is 0.235 e. The van der Waals surface area contributed by atoms with Gasteiger partial charge in [0.15, 0.2) is 0 Å². The molecule has 0 aliphatic carbocycles. The van der Waals surface area contributed by atoms with Gasteiger partial charge in [-0.25, -0.2) is 0 Å². The zero-order chi connectivity index (χ0) is 18.5. The number of hydrogen-bond donors (Lipinski definition) is 0. The standard InChI is InChI=1S/C18H39N.C2H3BO2/c1-4-5-6-7-8-9-10-11-12-13-14-15-16-17-18-19(2)3;1-5-2(3)4/h4-18H2,1-3H3;1H3. The van der Waals surface area contributed by atoms with Crippen molar-refractivity contribution in [3.63, 3.8) is 0 Å². The van der Waals surface area contributed by atoms with Crippen LogP contribution in [0.1, 0.15) is 96.8 Å². The highest BCUT2D eigenvalue weighted by Gasteiger charge is 1.94. The van der Waals surface area contributed by atoms with Gasteiger partial charge in [-0.15, -0.1) is 0 Å². The Morgan fingerprint density at radius 1 is 0.750 bits per heavy atom. The summed E-state index contributed by atoms with van der Waals surface area (Å²) >= 11 is 0. The van der Waals surface area contributed by atoms with E-state index < -0.39 is 5.87 Å². The summed E-state index contributed by atoms with van der Waals surface area (Å²) in [6, 6.07) is 0. The summed E-state index contributed by atoms with van der Waals surface area (Å²) in [7, 11) is 9.99. The third kappa shape index (κ3) is 29.5. The lowest BCUT2D eigenvalue weighted by molar-refractivity contribution is 0.198. The molecule has 24 heavy (non-hydrogen) atoms. The normalized spacial score (nSPS) is 10.4. The van der Waals surface area contributed by atoms with E-state index in [1.54, 1.807) is 0 Å². The Labute approximate surface area is 153 Å². The summed E-state index contributed by atoms with van der Waals surface area (Å²) in [5.74, 6) is -0.745. The summed E-state index contributed by atoms with van der Waals surface area (Å²) in [6.45, 7) is 3.55. The summed E-state index contributed by atoms with van der Waals surface area (Å²) in [4.78, 5) is 11.7. The third-order valence-corrected chi connectivity index (χ3v) is 4.16. The van der Waals surface area contributed by atoms with Crippen LogP contribution in [0.15, 0.2) is 0 Å². The molecular formula is C20H42BNO2. The number of unbranched alkanes of at least 4 members (excludes halogenated alkanes) is 13. The number of hydrogen-bond acceptors (Lipinski definition) is 3. The average molecular weight is 339 g/mol. The second kappa shape index (κ2) is 22.5. The molecule has 4 heteroatoms. The van der Waals surface area contributed by atoms with Gasteiger partial charge < -0.3 is 9.64 Å². The molecule has 0 N–H and O–H groups in total. The second-order valence-corrected chi connectivity index (χ2v) is 6.92. The second-order valence-electron chi connectivity index (χ2n) is 6.92. The molecule has 0 atom stereocenters. The van der Waals surface area contributed by atoms with Gasteiger partial charge in [-0.2, -0.15) is 0 Å². The summed E-state index contributed by atoms with van der Waals surface area (Å²) in [5, 5.41) is 0. The fourth-order valence-electron chi connectivity index (χ4n) is 2.62. The Hall–Kier alpha value is -0.505. The van der Waals surface area contributed by atoms with Crippen LogP contribution in [-0.4, -0.2) is 46.4 Å². The Morgan fingerprint density at radius 3 is 1.29 bits per heavy atom. The topological polar surface area (TPSA) is 29.5 Å². The fourth-order valence-corrected chi connectivity index (χ4v) is 2.62. The molecule has 0 aromatic rings. The Bertz CT molecular complexity index is 248. The minimum atomic E-state index is -0.745. The van der Waals surface area contributed by atoms with E-state index in [4.69, 9.17) is 0 Å². The number of carbonyl (C=O) groups excluding carboxylic acids is 1. The van der Waals surface area contributed by atoms with Crippen molar-refractivity contribution < 1.29 is 9.53 Å². The van der Waals surface area contributed by atoms with Crippen LogP contribution in [0, 0.1) is 0 Å². The molecule has 0 saturated carbocycles. The van der Waals surface area contributed by atoms with E-state index in [-0.39, 0.29) is 0 Å². The van der Waals surface area contributed by atoms with Gasteiger partial charge in [0, 0.05) is 0 Å². The van der Waals surface area contributed by atoms with E-state index in [1.165, 1.54) is 104 Å². The van der Waals surface area contributed by atoms with E-state index in [0.717, 1.165) is 0 Å². The summed E-state index contributed by atoms with van der Waals surface area (Å²) < 4.78 is 3.89. The molecule has 0 amide bonds. The SMILES string of the molecule is CCCCCCCCCCCCCCCCN(C)C.[B]C(=O)OC. The van der Waals surface area contributed by atoms with Crippen molar-refractivity contribution in [2.45, 2.75) is 96.8 Å².